The van der Waals surface area contributed by atoms with E-state index in [1.807, 2.05) is 18.2 Å². The summed E-state index contributed by atoms with van der Waals surface area (Å²) in [6.45, 7) is 3.28. The van der Waals surface area contributed by atoms with E-state index in [1.165, 1.54) is 18.4 Å². The normalized spacial score (nSPS) is 14.2. The maximum Gasteiger partial charge on any atom is 0.218 e. The number of benzene rings is 1. The van der Waals surface area contributed by atoms with Crippen LogP contribution in [0, 0.1) is 6.92 Å². The fourth-order valence-corrected chi connectivity index (χ4v) is 3.41. The van der Waals surface area contributed by atoms with Gasteiger partial charge in [-0.3, -0.25) is 4.99 Å². The molecular formula is C22H31IN4O2. The topological polar surface area (TPSA) is 67.8 Å². The van der Waals surface area contributed by atoms with Crippen molar-refractivity contribution in [1.29, 1.82) is 0 Å². The summed E-state index contributed by atoms with van der Waals surface area (Å²) >= 11 is 0. The highest BCUT2D eigenvalue weighted by molar-refractivity contribution is 14.0. The average molecular weight is 510 g/mol. The highest BCUT2D eigenvalue weighted by Gasteiger charge is 2.18. The van der Waals surface area contributed by atoms with Crippen molar-refractivity contribution in [3.63, 3.8) is 0 Å². The molecule has 1 aliphatic rings. The molecule has 1 aromatic heterocycles. The second kappa shape index (κ2) is 11.8. The van der Waals surface area contributed by atoms with E-state index in [0.717, 1.165) is 41.6 Å². The maximum atomic E-state index is 6.12. The summed E-state index contributed by atoms with van der Waals surface area (Å²) in [4.78, 5) is 8.75. The van der Waals surface area contributed by atoms with Crippen LogP contribution in [0.5, 0.6) is 11.6 Å². The summed E-state index contributed by atoms with van der Waals surface area (Å²) in [5, 5.41) is 6.69. The van der Waals surface area contributed by atoms with Crippen LogP contribution in [0.3, 0.4) is 0 Å². The molecule has 2 N–H and O–H groups in total. The van der Waals surface area contributed by atoms with Crippen molar-refractivity contribution in [3.05, 3.63) is 53.2 Å². The molecule has 7 heteroatoms. The van der Waals surface area contributed by atoms with E-state index < -0.39 is 0 Å². The number of hydrogen-bond acceptors (Lipinski definition) is 4. The smallest absolute Gasteiger partial charge is 0.218 e. The zero-order valence-electron chi connectivity index (χ0n) is 17.4. The van der Waals surface area contributed by atoms with E-state index in [9.17, 15) is 0 Å². The van der Waals surface area contributed by atoms with Crippen LogP contribution in [0.15, 0.2) is 41.5 Å². The molecule has 0 radical (unpaired) electrons. The quantitative estimate of drug-likeness (QED) is 0.332. The van der Waals surface area contributed by atoms with Crippen LogP contribution in [0.25, 0.3) is 0 Å². The number of guanidine groups is 1. The Balaban J connectivity index is 0.00000300. The van der Waals surface area contributed by atoms with Gasteiger partial charge in [-0.25, -0.2) is 4.98 Å². The number of pyridine rings is 1. The largest absolute Gasteiger partial charge is 0.496 e. The van der Waals surface area contributed by atoms with Crippen LogP contribution in [0.1, 0.15) is 42.4 Å². The average Bonchev–Trinajstić information content (AvgIpc) is 3.23. The zero-order chi connectivity index (χ0) is 19.8. The minimum Gasteiger partial charge on any atom is -0.496 e. The maximum absolute atomic E-state index is 6.12. The second-order valence-corrected chi connectivity index (χ2v) is 7.09. The number of halogens is 1. The molecule has 0 bridgehead atoms. The fraction of sp³-hybridized carbons (Fsp3) is 0.455. The van der Waals surface area contributed by atoms with Gasteiger partial charge < -0.3 is 20.1 Å². The van der Waals surface area contributed by atoms with Gasteiger partial charge in [0.1, 0.15) is 11.9 Å². The van der Waals surface area contributed by atoms with Gasteiger partial charge in [0.05, 0.1) is 7.11 Å². The number of aromatic nitrogens is 1. The van der Waals surface area contributed by atoms with Crippen molar-refractivity contribution in [2.75, 3.05) is 14.2 Å². The van der Waals surface area contributed by atoms with Crippen LogP contribution in [0.2, 0.25) is 0 Å². The minimum atomic E-state index is 0. The molecule has 6 nitrogen and oxygen atoms in total. The van der Waals surface area contributed by atoms with Crippen molar-refractivity contribution in [3.8, 4) is 11.6 Å². The number of ether oxygens (including phenoxy) is 2. The number of nitrogens with one attached hydrogen (secondary N) is 2. The summed E-state index contributed by atoms with van der Waals surface area (Å²) in [6, 6.07) is 10.2. The SMILES string of the molecule is CN=C(NCc1ccc(C)cc1OC)NCc1cccnc1OC1CCCC1.I. The Morgan fingerprint density at radius 1 is 1.14 bits per heavy atom. The first kappa shape index (κ1) is 23.3. The van der Waals surface area contributed by atoms with E-state index >= 15 is 0 Å². The van der Waals surface area contributed by atoms with Crippen LogP contribution >= 0.6 is 24.0 Å². The van der Waals surface area contributed by atoms with E-state index in [0.29, 0.717) is 19.2 Å². The third kappa shape index (κ3) is 6.76. The molecule has 0 unspecified atom stereocenters. The highest BCUT2D eigenvalue weighted by Crippen LogP contribution is 2.25. The molecular weight excluding hydrogens is 479 g/mol. The van der Waals surface area contributed by atoms with Crippen molar-refractivity contribution in [2.24, 2.45) is 4.99 Å². The molecule has 29 heavy (non-hydrogen) atoms. The minimum absolute atomic E-state index is 0. The van der Waals surface area contributed by atoms with E-state index in [4.69, 9.17) is 9.47 Å². The van der Waals surface area contributed by atoms with E-state index in [1.54, 1.807) is 20.4 Å². The lowest BCUT2D eigenvalue weighted by atomic mass is 10.1. The molecule has 0 amide bonds. The summed E-state index contributed by atoms with van der Waals surface area (Å²) in [5.74, 6) is 2.32. The summed E-state index contributed by atoms with van der Waals surface area (Å²) in [5.41, 5.74) is 3.29. The molecule has 1 saturated carbocycles. The number of rotatable bonds is 7. The number of hydrogen-bond donors (Lipinski definition) is 2. The number of aliphatic imine (C=N–C) groups is 1. The summed E-state index contributed by atoms with van der Waals surface area (Å²) in [7, 11) is 3.46. The van der Waals surface area contributed by atoms with Crippen LogP contribution in [-0.4, -0.2) is 31.2 Å². The van der Waals surface area contributed by atoms with Crippen LogP contribution < -0.4 is 20.1 Å². The first-order valence-corrected chi connectivity index (χ1v) is 9.88. The third-order valence-corrected chi connectivity index (χ3v) is 4.99. The Morgan fingerprint density at radius 2 is 1.86 bits per heavy atom. The predicted molar refractivity (Wildman–Crippen MR) is 127 cm³/mol. The van der Waals surface area contributed by atoms with Gasteiger partial charge in [0.25, 0.3) is 0 Å². The molecule has 1 fully saturated rings. The lowest BCUT2D eigenvalue weighted by Crippen LogP contribution is -2.36. The molecule has 158 valence electrons. The predicted octanol–water partition coefficient (Wildman–Crippen LogP) is 4.20. The molecule has 1 aliphatic carbocycles. The molecule has 0 spiro atoms. The summed E-state index contributed by atoms with van der Waals surface area (Å²) < 4.78 is 11.6. The van der Waals surface area contributed by atoms with Crippen LogP contribution in [0.4, 0.5) is 0 Å². The van der Waals surface area contributed by atoms with Gasteiger partial charge in [-0.05, 0) is 50.3 Å². The zero-order valence-corrected chi connectivity index (χ0v) is 19.7. The first-order chi connectivity index (χ1) is 13.7. The fourth-order valence-electron chi connectivity index (χ4n) is 3.41. The van der Waals surface area contributed by atoms with Crippen molar-refractivity contribution in [2.45, 2.75) is 51.8 Å². The number of methoxy groups -OCH3 is 1. The Hall–Kier alpha value is -2.03. The van der Waals surface area contributed by atoms with E-state index in [-0.39, 0.29) is 24.0 Å². The first-order valence-electron chi connectivity index (χ1n) is 9.88. The Labute approximate surface area is 190 Å². The van der Waals surface area contributed by atoms with Gasteiger partial charge in [0, 0.05) is 37.5 Å². The van der Waals surface area contributed by atoms with Crippen molar-refractivity contribution < 1.29 is 9.47 Å². The van der Waals surface area contributed by atoms with Crippen LogP contribution in [-0.2, 0) is 13.1 Å². The van der Waals surface area contributed by atoms with Crippen molar-refractivity contribution in [1.82, 2.24) is 15.6 Å². The van der Waals surface area contributed by atoms with Gasteiger partial charge >= 0.3 is 0 Å². The molecule has 2 aromatic rings. The number of aryl methyl sites for hydroxylation is 1. The molecule has 1 aromatic carbocycles. The van der Waals surface area contributed by atoms with Gasteiger partial charge in [-0.15, -0.1) is 24.0 Å². The standard InChI is InChI=1S/C22H30N4O2.HI/c1-16-10-11-17(20(13-16)27-3)14-25-22(23-2)26-15-18-7-6-12-24-21(18)28-19-8-4-5-9-19;/h6-7,10-13,19H,4-5,8-9,14-15H2,1-3H3,(H2,23,25,26);1H. The van der Waals surface area contributed by atoms with Gasteiger partial charge in [-0.2, -0.15) is 0 Å². The Morgan fingerprint density at radius 3 is 2.55 bits per heavy atom. The third-order valence-electron chi connectivity index (χ3n) is 4.99. The molecule has 0 aliphatic heterocycles. The second-order valence-electron chi connectivity index (χ2n) is 7.09. The molecule has 3 rings (SSSR count). The number of nitrogens with zero attached hydrogens (tertiary/aromatic N) is 2. The Kier molecular flexibility index (Phi) is 9.50. The lowest BCUT2D eigenvalue weighted by Gasteiger charge is -2.17. The Bertz CT molecular complexity index is 807. The van der Waals surface area contributed by atoms with E-state index in [2.05, 4.69) is 39.7 Å². The van der Waals surface area contributed by atoms with Gasteiger partial charge in [0.15, 0.2) is 5.96 Å². The van der Waals surface area contributed by atoms with Gasteiger partial charge in [0.2, 0.25) is 5.88 Å². The van der Waals surface area contributed by atoms with Gasteiger partial charge in [-0.1, -0.05) is 18.2 Å². The lowest BCUT2D eigenvalue weighted by molar-refractivity contribution is 0.199. The molecule has 0 saturated heterocycles. The summed E-state index contributed by atoms with van der Waals surface area (Å²) in [6.07, 6.45) is 6.79. The van der Waals surface area contributed by atoms with Crippen molar-refractivity contribution >= 4 is 29.9 Å². The molecule has 0 atom stereocenters. The monoisotopic (exact) mass is 510 g/mol. The molecule has 1 heterocycles. The highest BCUT2D eigenvalue weighted by atomic mass is 127.